The summed E-state index contributed by atoms with van der Waals surface area (Å²) >= 11 is 0. The average Bonchev–Trinajstić information content (AvgIpc) is 2.55. The van der Waals surface area contributed by atoms with Crippen LogP contribution >= 0.6 is 0 Å². The van der Waals surface area contributed by atoms with Crippen LogP contribution in [0.4, 0.5) is 17.2 Å². The highest BCUT2D eigenvalue weighted by Gasteiger charge is 2.21. The molecule has 1 fully saturated rings. The van der Waals surface area contributed by atoms with Gasteiger partial charge in [-0.3, -0.25) is 0 Å². The van der Waals surface area contributed by atoms with E-state index in [9.17, 15) is 5.26 Å². The smallest absolute Gasteiger partial charge is 0.146 e. The minimum Gasteiger partial charge on any atom is -0.397 e. The van der Waals surface area contributed by atoms with Gasteiger partial charge in [-0.1, -0.05) is 12.1 Å². The van der Waals surface area contributed by atoms with E-state index in [1.807, 2.05) is 30.3 Å². The van der Waals surface area contributed by atoms with Gasteiger partial charge in [-0.05, 0) is 24.3 Å². The fraction of sp³-hybridized carbons (Fsp3) is 0.250. The van der Waals surface area contributed by atoms with Crippen molar-refractivity contribution in [1.82, 2.24) is 4.98 Å². The van der Waals surface area contributed by atoms with Gasteiger partial charge in [0.15, 0.2) is 0 Å². The SMILES string of the molecule is N#Cc1cccnc1N1CCN(c2ccccc2N)CC1. The van der Waals surface area contributed by atoms with Crippen LogP contribution in [0.25, 0.3) is 0 Å². The van der Waals surface area contributed by atoms with E-state index in [0.717, 1.165) is 43.4 Å². The number of benzene rings is 1. The van der Waals surface area contributed by atoms with Crippen molar-refractivity contribution in [3.8, 4) is 6.07 Å². The molecule has 0 atom stereocenters. The van der Waals surface area contributed by atoms with Crippen LogP contribution < -0.4 is 15.5 Å². The molecule has 5 nitrogen and oxygen atoms in total. The fourth-order valence-corrected chi connectivity index (χ4v) is 2.67. The van der Waals surface area contributed by atoms with Gasteiger partial charge in [0.1, 0.15) is 11.9 Å². The maximum Gasteiger partial charge on any atom is 0.146 e. The lowest BCUT2D eigenvalue weighted by atomic mass is 10.2. The van der Waals surface area contributed by atoms with Gasteiger partial charge >= 0.3 is 0 Å². The Morgan fingerprint density at radius 2 is 1.71 bits per heavy atom. The monoisotopic (exact) mass is 279 g/mol. The number of nitrogens with zero attached hydrogens (tertiary/aromatic N) is 4. The van der Waals surface area contributed by atoms with Crippen LogP contribution in [-0.2, 0) is 0 Å². The van der Waals surface area contributed by atoms with E-state index < -0.39 is 0 Å². The highest BCUT2D eigenvalue weighted by Crippen LogP contribution is 2.25. The largest absolute Gasteiger partial charge is 0.397 e. The minimum atomic E-state index is 0.630. The number of hydrogen-bond acceptors (Lipinski definition) is 5. The second kappa shape index (κ2) is 5.71. The van der Waals surface area contributed by atoms with Crippen LogP contribution in [0.2, 0.25) is 0 Å². The maximum atomic E-state index is 9.17. The van der Waals surface area contributed by atoms with E-state index >= 15 is 0 Å². The summed E-state index contributed by atoms with van der Waals surface area (Å²) < 4.78 is 0. The molecule has 1 aliphatic heterocycles. The second-order valence-corrected chi connectivity index (χ2v) is 5.02. The molecule has 0 radical (unpaired) electrons. The summed E-state index contributed by atoms with van der Waals surface area (Å²) in [6.07, 6.45) is 1.73. The molecular weight excluding hydrogens is 262 g/mol. The van der Waals surface area contributed by atoms with Gasteiger partial charge in [0.05, 0.1) is 16.9 Å². The number of hydrogen-bond donors (Lipinski definition) is 1. The molecule has 2 aromatic rings. The summed E-state index contributed by atoms with van der Waals surface area (Å²) in [4.78, 5) is 8.79. The minimum absolute atomic E-state index is 0.630. The topological polar surface area (TPSA) is 69.2 Å². The van der Waals surface area contributed by atoms with Crippen molar-refractivity contribution < 1.29 is 0 Å². The molecule has 1 aliphatic rings. The van der Waals surface area contributed by atoms with Crippen molar-refractivity contribution >= 4 is 17.2 Å². The molecule has 106 valence electrons. The van der Waals surface area contributed by atoms with Crippen molar-refractivity contribution in [2.75, 3.05) is 41.7 Å². The van der Waals surface area contributed by atoms with Gasteiger partial charge in [-0.25, -0.2) is 4.98 Å². The number of piperazine rings is 1. The molecular formula is C16H17N5. The van der Waals surface area contributed by atoms with Crippen molar-refractivity contribution in [1.29, 1.82) is 5.26 Å². The molecule has 0 bridgehead atoms. The summed E-state index contributed by atoms with van der Waals surface area (Å²) in [5.41, 5.74) is 8.55. The predicted octanol–water partition coefficient (Wildman–Crippen LogP) is 1.86. The first-order valence-electron chi connectivity index (χ1n) is 6.99. The number of para-hydroxylation sites is 2. The van der Waals surface area contributed by atoms with E-state index in [2.05, 4.69) is 20.9 Å². The Hall–Kier alpha value is -2.74. The van der Waals surface area contributed by atoms with Gasteiger partial charge in [0, 0.05) is 32.4 Å². The average molecular weight is 279 g/mol. The summed E-state index contributed by atoms with van der Waals surface area (Å²) in [6, 6.07) is 13.7. The zero-order valence-corrected chi connectivity index (χ0v) is 11.7. The van der Waals surface area contributed by atoms with Gasteiger partial charge in [-0.2, -0.15) is 5.26 Å². The molecule has 2 N–H and O–H groups in total. The van der Waals surface area contributed by atoms with Gasteiger partial charge in [0.2, 0.25) is 0 Å². The summed E-state index contributed by atoms with van der Waals surface area (Å²) in [6.45, 7) is 3.41. The predicted molar refractivity (Wildman–Crippen MR) is 84.2 cm³/mol. The van der Waals surface area contributed by atoms with Crippen LogP contribution in [0.15, 0.2) is 42.6 Å². The van der Waals surface area contributed by atoms with Crippen molar-refractivity contribution in [3.05, 3.63) is 48.2 Å². The number of nitrogen functional groups attached to an aromatic ring is 1. The van der Waals surface area contributed by atoms with E-state index in [1.165, 1.54) is 0 Å². The Morgan fingerprint density at radius 3 is 2.43 bits per heavy atom. The summed E-state index contributed by atoms with van der Waals surface area (Å²) in [5, 5.41) is 9.17. The number of nitrogens with two attached hydrogens (primary N) is 1. The normalized spacial score (nSPS) is 14.8. The molecule has 1 saturated heterocycles. The van der Waals surface area contributed by atoms with Crippen LogP contribution in [0.5, 0.6) is 0 Å². The molecule has 1 aromatic heterocycles. The molecule has 0 spiro atoms. The van der Waals surface area contributed by atoms with Gasteiger partial charge in [-0.15, -0.1) is 0 Å². The van der Waals surface area contributed by atoms with Crippen LogP contribution in [-0.4, -0.2) is 31.2 Å². The van der Waals surface area contributed by atoms with E-state index in [0.29, 0.717) is 5.56 Å². The highest BCUT2D eigenvalue weighted by molar-refractivity contribution is 5.68. The second-order valence-electron chi connectivity index (χ2n) is 5.02. The summed E-state index contributed by atoms with van der Waals surface area (Å²) in [7, 11) is 0. The van der Waals surface area contributed by atoms with Crippen molar-refractivity contribution in [2.45, 2.75) is 0 Å². The zero-order valence-electron chi connectivity index (χ0n) is 11.7. The molecule has 0 unspecified atom stereocenters. The molecule has 0 aliphatic carbocycles. The number of nitriles is 1. The first kappa shape index (κ1) is 13.3. The molecule has 21 heavy (non-hydrogen) atoms. The third kappa shape index (κ3) is 2.61. The van der Waals surface area contributed by atoms with Crippen molar-refractivity contribution in [3.63, 3.8) is 0 Å². The van der Waals surface area contributed by atoms with Crippen LogP contribution in [0.1, 0.15) is 5.56 Å². The lowest BCUT2D eigenvalue weighted by Crippen LogP contribution is -2.47. The Kier molecular flexibility index (Phi) is 3.61. The number of anilines is 3. The molecule has 0 amide bonds. The van der Waals surface area contributed by atoms with Gasteiger partial charge < -0.3 is 15.5 Å². The zero-order chi connectivity index (χ0) is 14.7. The summed E-state index contributed by atoms with van der Waals surface area (Å²) in [5.74, 6) is 0.778. The first-order valence-corrected chi connectivity index (χ1v) is 6.99. The Balaban J connectivity index is 1.74. The van der Waals surface area contributed by atoms with E-state index in [4.69, 9.17) is 5.73 Å². The molecule has 5 heteroatoms. The first-order chi connectivity index (χ1) is 10.3. The molecule has 3 rings (SSSR count). The third-order valence-corrected chi connectivity index (χ3v) is 3.76. The number of aromatic nitrogens is 1. The Bertz CT molecular complexity index is 668. The fourth-order valence-electron chi connectivity index (χ4n) is 2.67. The number of rotatable bonds is 2. The number of pyridine rings is 1. The Labute approximate surface area is 124 Å². The highest BCUT2D eigenvalue weighted by atomic mass is 15.3. The maximum absolute atomic E-state index is 9.17. The van der Waals surface area contributed by atoms with E-state index in [-0.39, 0.29) is 0 Å². The molecule has 1 aromatic carbocycles. The van der Waals surface area contributed by atoms with Crippen LogP contribution in [0.3, 0.4) is 0 Å². The molecule has 0 saturated carbocycles. The third-order valence-electron chi connectivity index (χ3n) is 3.76. The lowest BCUT2D eigenvalue weighted by molar-refractivity contribution is 0.647. The molecule has 2 heterocycles. The standard InChI is InChI=1S/C16H17N5/c17-12-13-4-3-7-19-16(13)21-10-8-20(9-11-21)15-6-2-1-5-14(15)18/h1-7H,8-11,18H2. The Morgan fingerprint density at radius 1 is 1.00 bits per heavy atom. The van der Waals surface area contributed by atoms with Crippen molar-refractivity contribution in [2.24, 2.45) is 0 Å². The lowest BCUT2D eigenvalue weighted by Gasteiger charge is -2.37. The van der Waals surface area contributed by atoms with Crippen LogP contribution in [0, 0.1) is 11.3 Å². The van der Waals surface area contributed by atoms with E-state index in [1.54, 1.807) is 12.3 Å². The van der Waals surface area contributed by atoms with Gasteiger partial charge in [0.25, 0.3) is 0 Å². The quantitative estimate of drug-likeness (QED) is 0.850.